The molecule has 0 N–H and O–H groups in total. The zero-order valence-corrected chi connectivity index (χ0v) is 15.2. The van der Waals surface area contributed by atoms with Crippen LogP contribution in [0.5, 0.6) is 5.75 Å². The SMILES string of the molecule is COCC1CN(C(=O)/C=C(\C)c2ccccc2OC)CC(C)(C)O1. The Labute approximate surface area is 144 Å². The zero-order chi connectivity index (χ0) is 17.7. The normalized spacial score (nSPS) is 20.8. The second-order valence-electron chi connectivity index (χ2n) is 6.70. The van der Waals surface area contributed by atoms with Crippen LogP contribution in [0.4, 0.5) is 0 Å². The van der Waals surface area contributed by atoms with E-state index in [1.165, 1.54) is 0 Å². The summed E-state index contributed by atoms with van der Waals surface area (Å²) in [6, 6.07) is 7.70. The predicted octanol–water partition coefficient (Wildman–Crippen LogP) is 2.75. The summed E-state index contributed by atoms with van der Waals surface area (Å²) < 4.78 is 16.5. The Bertz CT molecular complexity index is 609. The maximum absolute atomic E-state index is 12.7. The molecule has 0 aromatic heterocycles. The number of carbonyl (C=O) groups is 1. The van der Waals surface area contributed by atoms with Crippen LogP contribution >= 0.6 is 0 Å². The Morgan fingerprint density at radius 1 is 1.38 bits per heavy atom. The number of rotatable bonds is 5. The van der Waals surface area contributed by atoms with E-state index in [0.717, 1.165) is 16.9 Å². The molecule has 1 fully saturated rings. The molecule has 1 unspecified atom stereocenters. The number of methoxy groups -OCH3 is 2. The van der Waals surface area contributed by atoms with Gasteiger partial charge in [0.15, 0.2) is 0 Å². The van der Waals surface area contributed by atoms with Crippen molar-refractivity contribution in [1.82, 2.24) is 4.90 Å². The Hall–Kier alpha value is -1.85. The summed E-state index contributed by atoms with van der Waals surface area (Å²) in [4.78, 5) is 14.6. The van der Waals surface area contributed by atoms with Crippen LogP contribution in [0.25, 0.3) is 5.57 Å². The Balaban J connectivity index is 2.17. The van der Waals surface area contributed by atoms with Crippen LogP contribution in [0.3, 0.4) is 0 Å². The summed E-state index contributed by atoms with van der Waals surface area (Å²) in [7, 11) is 3.27. The smallest absolute Gasteiger partial charge is 0.247 e. The number of hydrogen-bond donors (Lipinski definition) is 0. The first-order chi connectivity index (χ1) is 11.4. The molecule has 1 aliphatic heterocycles. The molecule has 0 bridgehead atoms. The van der Waals surface area contributed by atoms with E-state index >= 15 is 0 Å². The number of benzene rings is 1. The molecule has 0 saturated carbocycles. The molecule has 24 heavy (non-hydrogen) atoms. The molecule has 1 heterocycles. The summed E-state index contributed by atoms with van der Waals surface area (Å²) in [5.41, 5.74) is 1.42. The summed E-state index contributed by atoms with van der Waals surface area (Å²) in [5.74, 6) is 0.745. The van der Waals surface area contributed by atoms with Crippen LogP contribution in [-0.4, -0.2) is 56.4 Å². The van der Waals surface area contributed by atoms with Gasteiger partial charge in [0.2, 0.25) is 5.91 Å². The maximum atomic E-state index is 12.7. The quantitative estimate of drug-likeness (QED) is 0.778. The van der Waals surface area contributed by atoms with Crippen LogP contribution in [0.2, 0.25) is 0 Å². The van der Waals surface area contributed by atoms with Gasteiger partial charge in [-0.3, -0.25) is 4.79 Å². The van der Waals surface area contributed by atoms with Crippen LogP contribution in [0.15, 0.2) is 30.3 Å². The van der Waals surface area contributed by atoms with Gasteiger partial charge in [-0.25, -0.2) is 0 Å². The number of nitrogens with zero attached hydrogens (tertiary/aromatic N) is 1. The van der Waals surface area contributed by atoms with Crippen molar-refractivity contribution in [3.8, 4) is 5.75 Å². The van der Waals surface area contributed by atoms with E-state index in [2.05, 4.69) is 0 Å². The van der Waals surface area contributed by atoms with Gasteiger partial charge in [-0.05, 0) is 32.4 Å². The summed E-state index contributed by atoms with van der Waals surface area (Å²) in [6.07, 6.45) is 1.56. The third kappa shape index (κ3) is 4.58. The summed E-state index contributed by atoms with van der Waals surface area (Å²) in [6.45, 7) is 7.47. The van der Waals surface area contributed by atoms with E-state index in [0.29, 0.717) is 19.7 Å². The molecule has 132 valence electrons. The highest BCUT2D eigenvalue weighted by atomic mass is 16.5. The minimum absolute atomic E-state index is 0.0177. The molecule has 0 aliphatic carbocycles. The van der Waals surface area contributed by atoms with Crippen molar-refractivity contribution in [2.45, 2.75) is 32.5 Å². The van der Waals surface area contributed by atoms with Gasteiger partial charge in [0.1, 0.15) is 5.75 Å². The van der Waals surface area contributed by atoms with Crippen molar-refractivity contribution in [2.24, 2.45) is 0 Å². The lowest BCUT2D eigenvalue weighted by atomic mass is 10.0. The monoisotopic (exact) mass is 333 g/mol. The Morgan fingerprint density at radius 2 is 2.08 bits per heavy atom. The molecule has 0 spiro atoms. The Morgan fingerprint density at radius 3 is 2.75 bits per heavy atom. The zero-order valence-electron chi connectivity index (χ0n) is 15.2. The van der Waals surface area contributed by atoms with E-state index in [4.69, 9.17) is 14.2 Å². The van der Waals surface area contributed by atoms with Gasteiger partial charge in [0.25, 0.3) is 0 Å². The highest BCUT2D eigenvalue weighted by Crippen LogP contribution is 2.26. The topological polar surface area (TPSA) is 48.0 Å². The summed E-state index contributed by atoms with van der Waals surface area (Å²) >= 11 is 0. The number of morpholine rings is 1. The molecule has 0 radical (unpaired) electrons. The van der Waals surface area contributed by atoms with Gasteiger partial charge in [0, 0.05) is 31.8 Å². The van der Waals surface area contributed by atoms with Crippen LogP contribution in [0.1, 0.15) is 26.3 Å². The molecule has 2 rings (SSSR count). The second kappa shape index (κ2) is 7.81. The molecule has 5 nitrogen and oxygen atoms in total. The van der Waals surface area contributed by atoms with Crippen molar-refractivity contribution < 1.29 is 19.0 Å². The van der Waals surface area contributed by atoms with Crippen molar-refractivity contribution in [1.29, 1.82) is 0 Å². The average molecular weight is 333 g/mol. The fourth-order valence-electron chi connectivity index (χ4n) is 3.06. The predicted molar refractivity (Wildman–Crippen MR) is 94.1 cm³/mol. The van der Waals surface area contributed by atoms with Crippen molar-refractivity contribution in [3.63, 3.8) is 0 Å². The molecule has 1 aromatic rings. The minimum atomic E-state index is -0.386. The van der Waals surface area contributed by atoms with E-state index in [-0.39, 0.29) is 17.6 Å². The summed E-state index contributed by atoms with van der Waals surface area (Å²) in [5, 5.41) is 0. The van der Waals surface area contributed by atoms with Crippen molar-refractivity contribution >= 4 is 11.5 Å². The van der Waals surface area contributed by atoms with Gasteiger partial charge in [-0.1, -0.05) is 18.2 Å². The fourth-order valence-corrected chi connectivity index (χ4v) is 3.06. The highest BCUT2D eigenvalue weighted by Gasteiger charge is 2.35. The first kappa shape index (κ1) is 18.5. The Kier molecular flexibility index (Phi) is 6.02. The molecule has 1 aromatic carbocycles. The lowest BCUT2D eigenvalue weighted by molar-refractivity contribution is -0.165. The number of amides is 1. The fraction of sp³-hybridized carbons (Fsp3) is 0.526. The lowest BCUT2D eigenvalue weighted by Gasteiger charge is -2.42. The van der Waals surface area contributed by atoms with E-state index in [9.17, 15) is 4.79 Å². The first-order valence-electron chi connectivity index (χ1n) is 8.13. The van der Waals surface area contributed by atoms with Crippen molar-refractivity contribution in [2.75, 3.05) is 33.9 Å². The maximum Gasteiger partial charge on any atom is 0.247 e. The van der Waals surface area contributed by atoms with Crippen LogP contribution in [-0.2, 0) is 14.3 Å². The average Bonchev–Trinajstić information content (AvgIpc) is 2.53. The number of ether oxygens (including phenoxy) is 3. The molecule has 1 amide bonds. The third-order valence-electron chi connectivity index (χ3n) is 4.02. The van der Waals surface area contributed by atoms with Gasteiger partial charge in [-0.2, -0.15) is 0 Å². The van der Waals surface area contributed by atoms with Gasteiger partial charge < -0.3 is 19.1 Å². The minimum Gasteiger partial charge on any atom is -0.496 e. The van der Waals surface area contributed by atoms with E-state index < -0.39 is 0 Å². The van der Waals surface area contributed by atoms with Gasteiger partial charge in [0.05, 0.1) is 25.4 Å². The van der Waals surface area contributed by atoms with E-state index in [1.807, 2.05) is 49.9 Å². The number of para-hydroxylation sites is 1. The largest absolute Gasteiger partial charge is 0.496 e. The molecule has 1 aliphatic rings. The van der Waals surface area contributed by atoms with Gasteiger partial charge in [-0.15, -0.1) is 0 Å². The molecule has 5 heteroatoms. The number of carbonyl (C=O) groups excluding carboxylic acids is 1. The van der Waals surface area contributed by atoms with Crippen LogP contribution in [0, 0.1) is 0 Å². The van der Waals surface area contributed by atoms with E-state index in [1.54, 1.807) is 20.3 Å². The molecule has 1 atom stereocenters. The van der Waals surface area contributed by atoms with Gasteiger partial charge >= 0.3 is 0 Å². The first-order valence-corrected chi connectivity index (χ1v) is 8.13. The number of allylic oxidation sites excluding steroid dienone is 1. The second-order valence-corrected chi connectivity index (χ2v) is 6.70. The van der Waals surface area contributed by atoms with Crippen LogP contribution < -0.4 is 4.74 Å². The lowest BCUT2D eigenvalue weighted by Crippen LogP contribution is -2.55. The molecular formula is C19H27NO4. The highest BCUT2D eigenvalue weighted by molar-refractivity contribution is 5.95. The van der Waals surface area contributed by atoms with Crippen molar-refractivity contribution in [3.05, 3.63) is 35.9 Å². The third-order valence-corrected chi connectivity index (χ3v) is 4.02. The molecule has 1 saturated heterocycles. The standard InChI is InChI=1S/C19H27NO4/c1-14(16-8-6-7-9-17(16)23-5)10-18(21)20-11-15(12-22-4)24-19(2,3)13-20/h6-10,15H,11-13H2,1-5H3/b14-10+. The number of hydrogen-bond acceptors (Lipinski definition) is 4. The molecular weight excluding hydrogens is 306 g/mol.